The molecule has 0 fully saturated rings. The first kappa shape index (κ1) is 21.5. The zero-order valence-corrected chi connectivity index (χ0v) is 17.7. The number of hydrogen-bond acceptors (Lipinski definition) is 5. The Labute approximate surface area is 181 Å². The Hall–Kier alpha value is -3.24. The van der Waals surface area contributed by atoms with E-state index >= 15 is 0 Å². The summed E-state index contributed by atoms with van der Waals surface area (Å²) >= 11 is 1.40. The topological polar surface area (TPSA) is 71.2 Å². The number of aromatic nitrogens is 2. The highest BCUT2D eigenvalue weighted by Gasteiger charge is 2.17. The van der Waals surface area contributed by atoms with E-state index in [1.54, 1.807) is 11.1 Å². The van der Waals surface area contributed by atoms with Crippen LogP contribution in [0.4, 0.5) is 5.69 Å². The van der Waals surface area contributed by atoms with Gasteiger partial charge in [-0.3, -0.25) is 4.79 Å². The maximum absolute atomic E-state index is 13.0. The van der Waals surface area contributed by atoms with E-state index in [0.29, 0.717) is 19.7 Å². The number of nitriles is 1. The van der Waals surface area contributed by atoms with E-state index in [9.17, 15) is 4.79 Å². The van der Waals surface area contributed by atoms with Crippen molar-refractivity contribution in [2.24, 2.45) is 0 Å². The number of benzene rings is 2. The summed E-state index contributed by atoms with van der Waals surface area (Å²) < 4.78 is 7.50. The number of hydrogen-bond donors (Lipinski definition) is 0. The smallest absolute Gasteiger partial charge is 0.237 e. The van der Waals surface area contributed by atoms with Crippen molar-refractivity contribution in [2.75, 3.05) is 23.8 Å². The second-order valence-corrected chi connectivity index (χ2v) is 7.43. The molecule has 0 saturated heterocycles. The Morgan fingerprint density at radius 1 is 1.20 bits per heavy atom. The van der Waals surface area contributed by atoms with E-state index in [1.165, 1.54) is 17.3 Å². The van der Waals surface area contributed by atoms with Crippen LogP contribution >= 0.6 is 11.8 Å². The number of amides is 1. The van der Waals surface area contributed by atoms with Gasteiger partial charge in [0, 0.05) is 31.2 Å². The molecule has 0 bridgehead atoms. The van der Waals surface area contributed by atoms with Gasteiger partial charge in [0.15, 0.2) is 5.16 Å². The number of thioether (sulfide) groups is 1. The van der Waals surface area contributed by atoms with Crippen molar-refractivity contribution in [3.05, 3.63) is 72.6 Å². The molecule has 0 aliphatic heterocycles. The van der Waals surface area contributed by atoms with E-state index in [1.807, 2.05) is 60.2 Å². The summed E-state index contributed by atoms with van der Waals surface area (Å²) in [6, 6.07) is 19.6. The van der Waals surface area contributed by atoms with Crippen molar-refractivity contribution in [1.29, 1.82) is 5.26 Å². The van der Waals surface area contributed by atoms with Crippen molar-refractivity contribution in [3.8, 4) is 11.8 Å². The van der Waals surface area contributed by atoms with Crippen LogP contribution in [0.5, 0.6) is 5.75 Å². The van der Waals surface area contributed by atoms with E-state index in [-0.39, 0.29) is 18.1 Å². The van der Waals surface area contributed by atoms with Gasteiger partial charge in [-0.15, -0.1) is 0 Å². The van der Waals surface area contributed by atoms with Gasteiger partial charge in [0.1, 0.15) is 5.75 Å². The average molecular weight is 421 g/mol. The second-order valence-electron chi connectivity index (χ2n) is 6.49. The van der Waals surface area contributed by atoms with E-state index in [2.05, 4.69) is 23.2 Å². The molecule has 0 N–H and O–H groups in total. The van der Waals surface area contributed by atoms with Gasteiger partial charge in [0.05, 0.1) is 24.8 Å². The fourth-order valence-electron chi connectivity index (χ4n) is 2.99. The van der Waals surface area contributed by atoms with Gasteiger partial charge >= 0.3 is 0 Å². The standard InChI is InChI=1S/C23H24N4O2S/c1-2-29-21-11-9-20(10-12-21)27(15-6-13-24)22(28)18-30-23-25-14-16-26(23)17-19-7-4-3-5-8-19/h3-5,7-12,14,16H,2,6,15,17-18H2,1H3. The minimum absolute atomic E-state index is 0.0614. The van der Waals surface area contributed by atoms with Crippen LogP contribution in [0.3, 0.4) is 0 Å². The zero-order chi connectivity index (χ0) is 21.2. The summed E-state index contributed by atoms with van der Waals surface area (Å²) in [5.41, 5.74) is 1.93. The summed E-state index contributed by atoms with van der Waals surface area (Å²) in [5.74, 6) is 0.935. The van der Waals surface area contributed by atoms with Gasteiger partial charge in [0.25, 0.3) is 0 Å². The molecule has 0 atom stereocenters. The minimum Gasteiger partial charge on any atom is -0.494 e. The van der Waals surface area contributed by atoms with E-state index in [4.69, 9.17) is 10.00 Å². The van der Waals surface area contributed by atoms with Crippen LogP contribution < -0.4 is 9.64 Å². The number of imidazole rings is 1. The quantitative estimate of drug-likeness (QED) is 0.456. The SMILES string of the molecule is CCOc1ccc(N(CCC#N)C(=O)CSc2nccn2Cc2ccccc2)cc1. The number of rotatable bonds is 10. The van der Waals surface area contributed by atoms with Gasteiger partial charge in [-0.1, -0.05) is 42.1 Å². The van der Waals surface area contributed by atoms with Crippen LogP contribution in [0.15, 0.2) is 72.1 Å². The number of carbonyl (C=O) groups is 1. The highest BCUT2D eigenvalue weighted by Crippen LogP contribution is 2.23. The molecule has 6 nitrogen and oxygen atoms in total. The average Bonchev–Trinajstić information content (AvgIpc) is 3.21. The normalized spacial score (nSPS) is 10.4. The number of anilines is 1. The number of nitrogens with zero attached hydrogens (tertiary/aromatic N) is 4. The molecular formula is C23H24N4O2S. The molecule has 0 aliphatic carbocycles. The lowest BCUT2D eigenvalue weighted by molar-refractivity contribution is -0.116. The first-order chi connectivity index (χ1) is 14.7. The Bertz CT molecular complexity index is 980. The third-order valence-electron chi connectivity index (χ3n) is 4.41. The van der Waals surface area contributed by atoms with E-state index in [0.717, 1.165) is 16.6 Å². The molecule has 1 heterocycles. The highest BCUT2D eigenvalue weighted by atomic mass is 32.2. The molecule has 3 rings (SSSR count). The molecule has 7 heteroatoms. The monoisotopic (exact) mass is 420 g/mol. The van der Waals surface area contributed by atoms with Crippen molar-refractivity contribution in [2.45, 2.75) is 25.0 Å². The second kappa shape index (κ2) is 11.1. The maximum Gasteiger partial charge on any atom is 0.237 e. The van der Waals surface area contributed by atoms with Crippen molar-refractivity contribution in [1.82, 2.24) is 9.55 Å². The first-order valence-electron chi connectivity index (χ1n) is 9.79. The fraction of sp³-hybridized carbons (Fsp3) is 0.261. The van der Waals surface area contributed by atoms with Crippen LogP contribution in [0.2, 0.25) is 0 Å². The number of carbonyl (C=O) groups excluding carboxylic acids is 1. The van der Waals surface area contributed by atoms with Crippen LogP contribution in [-0.4, -0.2) is 34.4 Å². The number of ether oxygens (including phenoxy) is 1. The first-order valence-corrected chi connectivity index (χ1v) is 10.8. The molecule has 30 heavy (non-hydrogen) atoms. The summed E-state index contributed by atoms with van der Waals surface area (Å²) in [5, 5.41) is 9.78. The lowest BCUT2D eigenvalue weighted by Gasteiger charge is -2.22. The Morgan fingerprint density at radius 2 is 1.97 bits per heavy atom. The maximum atomic E-state index is 13.0. The summed E-state index contributed by atoms with van der Waals surface area (Å²) in [6.07, 6.45) is 3.93. The predicted octanol–water partition coefficient (Wildman–Crippen LogP) is 4.37. The molecule has 0 unspecified atom stereocenters. The Kier molecular flexibility index (Phi) is 7.93. The van der Waals surface area contributed by atoms with E-state index < -0.39 is 0 Å². The molecule has 1 aromatic heterocycles. The molecule has 0 spiro atoms. The van der Waals surface area contributed by atoms with Crippen LogP contribution in [0.1, 0.15) is 18.9 Å². The van der Waals surface area contributed by atoms with Crippen molar-refractivity contribution < 1.29 is 9.53 Å². The van der Waals surface area contributed by atoms with Gasteiger partial charge < -0.3 is 14.2 Å². The third-order valence-corrected chi connectivity index (χ3v) is 5.39. The third kappa shape index (κ3) is 5.88. The molecule has 0 saturated carbocycles. The molecule has 0 aliphatic rings. The predicted molar refractivity (Wildman–Crippen MR) is 119 cm³/mol. The fourth-order valence-corrected chi connectivity index (χ4v) is 3.82. The molecule has 3 aromatic rings. The molecule has 1 amide bonds. The van der Waals surface area contributed by atoms with Crippen LogP contribution in [0.25, 0.3) is 0 Å². The lowest BCUT2D eigenvalue weighted by Crippen LogP contribution is -2.33. The van der Waals surface area contributed by atoms with Crippen LogP contribution in [0, 0.1) is 11.3 Å². The Morgan fingerprint density at radius 3 is 2.67 bits per heavy atom. The lowest BCUT2D eigenvalue weighted by atomic mass is 10.2. The van der Waals surface area contributed by atoms with Gasteiger partial charge in [0.2, 0.25) is 5.91 Å². The molecular weight excluding hydrogens is 396 g/mol. The Balaban J connectivity index is 1.66. The molecule has 154 valence electrons. The van der Waals surface area contributed by atoms with Crippen molar-refractivity contribution >= 4 is 23.4 Å². The summed E-state index contributed by atoms with van der Waals surface area (Å²) in [7, 11) is 0. The van der Waals surface area contributed by atoms with Crippen LogP contribution in [-0.2, 0) is 11.3 Å². The minimum atomic E-state index is -0.0614. The van der Waals surface area contributed by atoms with Crippen molar-refractivity contribution in [3.63, 3.8) is 0 Å². The largest absolute Gasteiger partial charge is 0.494 e. The van der Waals surface area contributed by atoms with Gasteiger partial charge in [-0.25, -0.2) is 4.98 Å². The zero-order valence-electron chi connectivity index (χ0n) is 16.9. The summed E-state index contributed by atoms with van der Waals surface area (Å²) in [4.78, 5) is 19.0. The van der Waals surface area contributed by atoms with Gasteiger partial charge in [-0.2, -0.15) is 5.26 Å². The molecule has 2 aromatic carbocycles. The van der Waals surface area contributed by atoms with Gasteiger partial charge in [-0.05, 0) is 36.8 Å². The highest BCUT2D eigenvalue weighted by molar-refractivity contribution is 7.99. The summed E-state index contributed by atoms with van der Waals surface area (Å²) in [6.45, 7) is 3.56. The molecule has 0 radical (unpaired) electrons.